The predicted molar refractivity (Wildman–Crippen MR) is 69.6 cm³/mol. The van der Waals surface area contributed by atoms with E-state index in [4.69, 9.17) is 0 Å². The highest BCUT2D eigenvalue weighted by Crippen LogP contribution is 2.24. The Labute approximate surface area is 110 Å². The highest BCUT2D eigenvalue weighted by atomic mass is 16.2. The van der Waals surface area contributed by atoms with Gasteiger partial charge in [0.25, 0.3) is 0 Å². The minimum atomic E-state index is -0.431. The zero-order chi connectivity index (χ0) is 13.8. The fourth-order valence-corrected chi connectivity index (χ4v) is 1.95. The number of benzene rings is 1. The van der Waals surface area contributed by atoms with Crippen LogP contribution in [-0.2, 0) is 9.59 Å². The molecule has 5 heteroatoms. The number of nitrogens with zero attached hydrogens (tertiary/aromatic N) is 1. The molecule has 0 atom stereocenters. The number of carbonyl (C=O) groups excluding carboxylic acids is 3. The normalized spacial score (nSPS) is 14.5. The summed E-state index contributed by atoms with van der Waals surface area (Å²) < 4.78 is 0. The van der Waals surface area contributed by atoms with Gasteiger partial charge in [-0.25, -0.2) is 4.79 Å². The van der Waals surface area contributed by atoms with Crippen molar-refractivity contribution >= 4 is 23.9 Å². The number of carbonyl (C=O) groups is 3. The molecule has 2 rings (SSSR count). The van der Waals surface area contributed by atoms with Crippen LogP contribution < -0.4 is 10.2 Å². The van der Waals surface area contributed by atoms with Gasteiger partial charge >= 0.3 is 6.03 Å². The first kappa shape index (κ1) is 12.8. The molecule has 96 valence electrons. The summed E-state index contributed by atoms with van der Waals surface area (Å²) in [5.74, 6) is 4.80. The zero-order valence-corrected chi connectivity index (χ0v) is 10.4. The third-order valence-corrected chi connectivity index (χ3v) is 2.92. The van der Waals surface area contributed by atoms with Crippen LogP contribution in [0.4, 0.5) is 10.5 Å². The van der Waals surface area contributed by atoms with Crippen LogP contribution in [0.15, 0.2) is 18.2 Å². The van der Waals surface area contributed by atoms with E-state index in [0.717, 1.165) is 5.56 Å². The summed E-state index contributed by atoms with van der Waals surface area (Å²) in [7, 11) is 0. The Balaban J connectivity index is 2.37. The topological polar surface area (TPSA) is 66.5 Å². The average molecular weight is 256 g/mol. The Morgan fingerprint density at radius 3 is 2.84 bits per heavy atom. The maximum absolute atomic E-state index is 11.8. The number of hydrogen-bond acceptors (Lipinski definition) is 3. The number of nitrogens with one attached hydrogen (secondary N) is 1. The fourth-order valence-electron chi connectivity index (χ4n) is 1.95. The van der Waals surface area contributed by atoms with Crippen LogP contribution in [0.2, 0.25) is 0 Å². The summed E-state index contributed by atoms with van der Waals surface area (Å²) in [4.78, 5) is 34.7. The second-order valence-corrected chi connectivity index (χ2v) is 4.09. The van der Waals surface area contributed by atoms with Gasteiger partial charge < -0.3 is 0 Å². The van der Waals surface area contributed by atoms with Crippen molar-refractivity contribution in [1.29, 1.82) is 0 Å². The molecule has 0 spiro atoms. The molecule has 0 bridgehead atoms. The Bertz CT molecular complexity index is 611. The van der Waals surface area contributed by atoms with E-state index >= 15 is 0 Å². The van der Waals surface area contributed by atoms with Gasteiger partial charge in [-0.05, 0) is 30.5 Å². The Hall–Kier alpha value is -2.61. The summed E-state index contributed by atoms with van der Waals surface area (Å²) >= 11 is 0. The van der Waals surface area contributed by atoms with Crippen LogP contribution in [0.25, 0.3) is 0 Å². The Morgan fingerprint density at radius 1 is 1.37 bits per heavy atom. The van der Waals surface area contributed by atoms with Gasteiger partial charge in [-0.1, -0.05) is 12.0 Å². The molecular weight excluding hydrogens is 244 g/mol. The number of hydrogen-bond donors (Lipinski definition) is 1. The number of urea groups is 1. The second-order valence-electron chi connectivity index (χ2n) is 4.09. The van der Waals surface area contributed by atoms with Gasteiger partial charge in [0.05, 0.1) is 0 Å². The molecule has 0 saturated carbocycles. The van der Waals surface area contributed by atoms with E-state index in [2.05, 4.69) is 17.2 Å². The minimum absolute atomic E-state index is 0.268. The zero-order valence-electron chi connectivity index (χ0n) is 10.4. The quantitative estimate of drug-likeness (QED) is 0.602. The average Bonchev–Trinajstić information content (AvgIpc) is 2.38. The van der Waals surface area contributed by atoms with Crippen molar-refractivity contribution in [3.8, 4) is 11.8 Å². The van der Waals surface area contributed by atoms with Crippen LogP contribution >= 0.6 is 0 Å². The molecule has 0 aliphatic carbocycles. The molecule has 19 heavy (non-hydrogen) atoms. The van der Waals surface area contributed by atoms with Crippen molar-refractivity contribution in [1.82, 2.24) is 5.32 Å². The standard InChI is InChI=1S/C14H12N2O3/c1-10-11(5-3-9-17)4-2-6-12(10)16-8-7-13(18)15-14(16)19/h2,4,6,9H,7-8H2,1H3,(H,15,18,19). The van der Waals surface area contributed by atoms with Crippen LogP contribution in [0.1, 0.15) is 17.5 Å². The first-order chi connectivity index (χ1) is 9.13. The fraction of sp³-hybridized carbons (Fsp3) is 0.214. The lowest BCUT2D eigenvalue weighted by Crippen LogP contribution is -2.49. The molecule has 0 radical (unpaired) electrons. The number of anilines is 1. The summed E-state index contributed by atoms with van der Waals surface area (Å²) in [6, 6.07) is 4.90. The largest absolute Gasteiger partial charge is 0.328 e. The van der Waals surface area contributed by atoms with Crippen molar-refractivity contribution in [2.45, 2.75) is 13.3 Å². The van der Waals surface area contributed by atoms with Gasteiger partial charge in [-0.2, -0.15) is 0 Å². The van der Waals surface area contributed by atoms with Gasteiger partial charge in [0.2, 0.25) is 5.91 Å². The molecule has 1 heterocycles. The monoisotopic (exact) mass is 256 g/mol. The van der Waals surface area contributed by atoms with Gasteiger partial charge in [0, 0.05) is 24.2 Å². The molecule has 1 aromatic rings. The third kappa shape index (κ3) is 2.63. The van der Waals surface area contributed by atoms with Crippen LogP contribution in [0.3, 0.4) is 0 Å². The van der Waals surface area contributed by atoms with Crippen molar-refractivity contribution in [3.63, 3.8) is 0 Å². The van der Waals surface area contributed by atoms with E-state index in [-0.39, 0.29) is 12.3 Å². The molecule has 1 saturated heterocycles. The lowest BCUT2D eigenvalue weighted by Gasteiger charge is -2.28. The lowest BCUT2D eigenvalue weighted by molar-refractivity contribution is -0.120. The Morgan fingerprint density at radius 2 is 2.16 bits per heavy atom. The number of rotatable bonds is 1. The Kier molecular flexibility index (Phi) is 3.62. The molecular formula is C14H12N2O3. The highest BCUT2D eigenvalue weighted by Gasteiger charge is 2.25. The van der Waals surface area contributed by atoms with Gasteiger partial charge in [-0.15, -0.1) is 0 Å². The molecule has 1 aliphatic rings. The van der Waals surface area contributed by atoms with Crippen molar-refractivity contribution in [2.75, 3.05) is 11.4 Å². The first-order valence-electron chi connectivity index (χ1n) is 5.79. The molecule has 0 aromatic heterocycles. The molecule has 1 N–H and O–H groups in total. The molecule has 0 unspecified atom stereocenters. The lowest BCUT2D eigenvalue weighted by atomic mass is 10.1. The smallest absolute Gasteiger partial charge is 0.293 e. The molecule has 5 nitrogen and oxygen atoms in total. The predicted octanol–water partition coefficient (Wildman–Crippen LogP) is 0.992. The summed E-state index contributed by atoms with van der Waals surface area (Å²) in [5.41, 5.74) is 2.19. The van der Waals surface area contributed by atoms with Crippen molar-refractivity contribution < 1.29 is 14.4 Å². The second kappa shape index (κ2) is 5.36. The van der Waals surface area contributed by atoms with Crippen LogP contribution in [0.5, 0.6) is 0 Å². The molecule has 1 aliphatic heterocycles. The van der Waals surface area contributed by atoms with Crippen LogP contribution in [-0.4, -0.2) is 24.8 Å². The summed E-state index contributed by atoms with van der Waals surface area (Å²) in [6.45, 7) is 2.17. The first-order valence-corrected chi connectivity index (χ1v) is 5.79. The SMILES string of the molecule is Cc1c(C#CC=O)cccc1N1CCC(=O)NC1=O. The molecule has 1 fully saturated rings. The van der Waals surface area contributed by atoms with Crippen molar-refractivity contribution in [3.05, 3.63) is 29.3 Å². The minimum Gasteiger partial charge on any atom is -0.293 e. The van der Waals surface area contributed by atoms with E-state index in [1.54, 1.807) is 18.2 Å². The van der Waals surface area contributed by atoms with E-state index in [0.29, 0.717) is 24.1 Å². The van der Waals surface area contributed by atoms with Crippen LogP contribution in [0, 0.1) is 18.8 Å². The number of imide groups is 1. The third-order valence-electron chi connectivity index (χ3n) is 2.92. The number of aldehydes is 1. The maximum atomic E-state index is 11.8. The van der Waals surface area contributed by atoms with E-state index in [9.17, 15) is 14.4 Å². The van der Waals surface area contributed by atoms with Gasteiger partial charge in [0.1, 0.15) is 0 Å². The summed E-state index contributed by atoms with van der Waals surface area (Å²) in [6.07, 6.45) is 0.799. The van der Waals surface area contributed by atoms with E-state index in [1.807, 2.05) is 6.92 Å². The maximum Gasteiger partial charge on any atom is 0.328 e. The van der Waals surface area contributed by atoms with Crippen molar-refractivity contribution in [2.24, 2.45) is 0 Å². The summed E-state index contributed by atoms with van der Waals surface area (Å²) in [5, 5.41) is 2.27. The highest BCUT2D eigenvalue weighted by molar-refractivity contribution is 6.06. The number of amides is 3. The van der Waals surface area contributed by atoms with Gasteiger partial charge in [0.15, 0.2) is 6.29 Å². The van der Waals surface area contributed by atoms with Gasteiger partial charge in [-0.3, -0.25) is 19.8 Å². The van der Waals surface area contributed by atoms with E-state index < -0.39 is 6.03 Å². The molecule has 1 aromatic carbocycles. The molecule has 3 amide bonds. The van der Waals surface area contributed by atoms with E-state index in [1.165, 1.54) is 4.90 Å².